The van der Waals surface area contributed by atoms with Gasteiger partial charge in [-0.3, -0.25) is 58.7 Å². The molecule has 0 N–H and O–H groups in total. The number of fused-ring (bicyclic) bond motifs is 6. The summed E-state index contributed by atoms with van der Waals surface area (Å²) >= 11 is 0. The van der Waals surface area contributed by atoms with Crippen LogP contribution in [0.5, 0.6) is 34.5 Å². The number of rotatable bonds is 66. The van der Waals surface area contributed by atoms with Gasteiger partial charge in [-0.15, -0.1) is 0 Å². The second kappa shape index (κ2) is 62.3. The third-order valence-electron chi connectivity index (χ3n) is 19.1. The molecule has 0 atom stereocenters. The molecule has 0 unspecified atom stereocenters. The number of benzene rings is 4. The van der Waals surface area contributed by atoms with Crippen LogP contribution in [0.4, 0.5) is 0 Å². The van der Waals surface area contributed by atoms with Gasteiger partial charge in [-0.2, -0.15) is 0 Å². The predicted octanol–water partition coefficient (Wildman–Crippen LogP) is 23.8. The molecule has 0 aromatic heterocycles. The molecule has 4 aromatic rings. The Kier molecular flexibility index (Phi) is 53.6. The number of hydrogen-bond donors (Lipinski definition) is 0. The summed E-state index contributed by atoms with van der Waals surface area (Å²) < 4.78 is 37.2. The Labute approximate surface area is 649 Å². The first kappa shape index (κ1) is 92.9. The highest BCUT2D eigenvalue weighted by molar-refractivity contribution is 6.27. The maximum atomic E-state index is 14.1. The highest BCUT2D eigenvalue weighted by atomic mass is 16.6. The van der Waals surface area contributed by atoms with Gasteiger partial charge in [0.1, 0.15) is 0 Å². The minimum absolute atomic E-state index is 0.106. The first-order chi connectivity index (χ1) is 53.0. The van der Waals surface area contributed by atoms with E-state index in [1.807, 2.05) is 0 Å². The lowest BCUT2D eigenvalue weighted by molar-refractivity contribution is -0.135. The van der Waals surface area contributed by atoms with Gasteiger partial charge in [0.05, 0.1) is 38.5 Å². The molecule has 0 saturated heterocycles. The fraction of sp³-hybridized carbons (Fsp3) is 0.667. The summed E-state index contributed by atoms with van der Waals surface area (Å²) in [5.74, 6) is -4.67. The second-order valence-electron chi connectivity index (χ2n) is 28.9. The van der Waals surface area contributed by atoms with Crippen LogP contribution in [0.3, 0.4) is 0 Å². The number of carbonyl (C=O) groups is 6. The van der Waals surface area contributed by atoms with E-state index in [0.29, 0.717) is 71.6 Å². The summed E-state index contributed by atoms with van der Waals surface area (Å²) in [6.45, 7) is 16.6. The van der Waals surface area contributed by atoms with Gasteiger partial charge in [0.2, 0.25) is 0 Å². The van der Waals surface area contributed by atoms with Crippen LogP contribution in [-0.4, -0.2) is 112 Å². The number of hydrogen-bond acceptors (Lipinski definition) is 18. The highest BCUT2D eigenvalue weighted by Gasteiger charge is 2.25. The summed E-state index contributed by atoms with van der Waals surface area (Å²) in [6.07, 6.45) is 55.3. The van der Waals surface area contributed by atoms with Gasteiger partial charge in [-0.25, -0.2) is 0 Å². The average Bonchev–Trinajstić information content (AvgIpc) is 0.725. The van der Waals surface area contributed by atoms with E-state index < -0.39 is 35.8 Å². The van der Waals surface area contributed by atoms with Gasteiger partial charge in [-0.1, -0.05) is 273 Å². The maximum Gasteiger partial charge on any atom is 0.316 e. The summed E-state index contributed by atoms with van der Waals surface area (Å²) in [5.41, 5.74) is 0. The van der Waals surface area contributed by atoms with Crippen LogP contribution in [0, 0.1) is 0 Å². The van der Waals surface area contributed by atoms with E-state index in [4.69, 9.17) is 28.4 Å². The van der Waals surface area contributed by atoms with E-state index in [0.717, 1.165) is 116 Å². The maximum absolute atomic E-state index is 14.1. The van der Waals surface area contributed by atoms with Gasteiger partial charge < -0.3 is 28.4 Å². The van der Waals surface area contributed by atoms with Crippen LogP contribution >= 0.6 is 0 Å². The lowest BCUT2D eigenvalue weighted by Gasteiger charge is -2.19. The van der Waals surface area contributed by atoms with E-state index >= 15 is 0 Å². The van der Waals surface area contributed by atoms with E-state index in [9.17, 15) is 28.8 Å². The second-order valence-corrected chi connectivity index (χ2v) is 28.9. The molecule has 0 radical (unpaired) electrons. The molecule has 0 aliphatic rings. The largest absolute Gasteiger partial charge is 0.422 e. The van der Waals surface area contributed by atoms with Crippen molar-refractivity contribution in [3.63, 3.8) is 0 Å². The molecule has 0 saturated carbocycles. The molecular formula is C90H138N6O12. The molecule has 4 aromatic carbocycles. The zero-order chi connectivity index (χ0) is 77.5. The normalized spacial score (nSPS) is 11.9. The molecule has 600 valence electrons. The van der Waals surface area contributed by atoms with Crippen LogP contribution in [0.15, 0.2) is 66.4 Å². The van der Waals surface area contributed by atoms with E-state index in [1.165, 1.54) is 154 Å². The standard InChI is InChI=1S/C90H138N6O12/c1-7-13-19-25-31-37-43-55-91-61-49-85(97)103-79-67-73-74(68-80(79)104-86(98)50-62-92-56-44-38-32-26-20-14-8-2)76-70-82(106-88(100)52-64-94-58-46-40-34-28-22-16-10-4)84(108-90(102)54-66-96-60-48-42-36-30-24-18-12-6)72-78(76)77-71-83(107-89(101)53-65-95-59-47-41-35-29-23-17-11-5)81(69-75(73)77)105-87(99)51-63-93-57-45-39-33-27-21-15-9-3/h61-72H,7-60H2,1-6H3. The summed E-state index contributed by atoms with van der Waals surface area (Å²) in [6, 6.07) is 9.44. The summed E-state index contributed by atoms with van der Waals surface area (Å²) in [7, 11) is 0. The number of aliphatic imine (C=N–C) groups is 6. The third-order valence-corrected chi connectivity index (χ3v) is 19.1. The zero-order valence-electron chi connectivity index (χ0n) is 67.7. The molecule has 0 spiro atoms. The first-order valence-corrected chi connectivity index (χ1v) is 42.6. The number of ether oxygens (including phenoxy) is 6. The van der Waals surface area contributed by atoms with Crippen molar-refractivity contribution in [3.8, 4) is 34.5 Å². The van der Waals surface area contributed by atoms with Crippen molar-refractivity contribution in [2.45, 2.75) is 350 Å². The minimum Gasteiger partial charge on any atom is -0.422 e. The average molecular weight is 1500 g/mol. The van der Waals surface area contributed by atoms with Gasteiger partial charge in [0.15, 0.2) is 34.5 Å². The monoisotopic (exact) mass is 1500 g/mol. The molecule has 0 aliphatic heterocycles. The molecule has 0 bridgehead atoms. The van der Waals surface area contributed by atoms with Gasteiger partial charge >= 0.3 is 35.8 Å². The Morgan fingerprint density at radius 3 is 0.454 bits per heavy atom. The topological polar surface area (TPSA) is 232 Å². The Bertz CT molecular complexity index is 2780. The van der Waals surface area contributed by atoms with Crippen LogP contribution in [0.1, 0.15) is 350 Å². The molecule has 0 amide bonds. The highest BCUT2D eigenvalue weighted by Crippen LogP contribution is 2.48. The molecule has 18 heteroatoms. The lowest BCUT2D eigenvalue weighted by Crippen LogP contribution is -2.14. The molecule has 0 fully saturated rings. The molecule has 108 heavy (non-hydrogen) atoms. The van der Waals surface area contributed by atoms with Gasteiger partial charge in [0, 0.05) is 76.6 Å². The van der Waals surface area contributed by atoms with Crippen molar-refractivity contribution in [1.29, 1.82) is 0 Å². The number of unbranched alkanes of at least 4 members (excludes halogenated alkanes) is 36. The Balaban J connectivity index is 1.98. The number of nitrogens with zero attached hydrogens (tertiary/aromatic N) is 6. The predicted molar refractivity (Wildman–Crippen MR) is 449 cm³/mol. The molecule has 0 aliphatic carbocycles. The minimum atomic E-state index is -0.672. The third kappa shape index (κ3) is 42.5. The van der Waals surface area contributed by atoms with Crippen molar-refractivity contribution < 1.29 is 57.2 Å². The van der Waals surface area contributed by atoms with Crippen LogP contribution < -0.4 is 28.4 Å². The van der Waals surface area contributed by atoms with Gasteiger partial charge in [-0.05, 0) is 107 Å². The fourth-order valence-corrected chi connectivity index (χ4v) is 12.8. The summed E-state index contributed by atoms with van der Waals surface area (Å²) in [5, 5.41) is 2.36. The van der Waals surface area contributed by atoms with Crippen molar-refractivity contribution in [2.75, 3.05) is 39.3 Å². The zero-order valence-corrected chi connectivity index (χ0v) is 67.7. The number of carbonyl (C=O) groups excluding carboxylic acids is 6. The Morgan fingerprint density at radius 1 is 0.204 bits per heavy atom. The fourth-order valence-electron chi connectivity index (χ4n) is 12.8. The van der Waals surface area contributed by atoms with Crippen molar-refractivity contribution in [3.05, 3.63) is 36.4 Å². The van der Waals surface area contributed by atoms with Gasteiger partial charge in [0.25, 0.3) is 0 Å². The van der Waals surface area contributed by atoms with E-state index in [2.05, 4.69) is 71.5 Å². The first-order valence-electron chi connectivity index (χ1n) is 42.6. The lowest BCUT2D eigenvalue weighted by atomic mass is 9.93. The molecule has 18 nitrogen and oxygen atoms in total. The quantitative estimate of drug-likeness (QED) is 0.0132. The Morgan fingerprint density at radius 2 is 0.324 bits per heavy atom. The van der Waals surface area contributed by atoms with E-state index in [-0.39, 0.29) is 73.0 Å². The number of esters is 6. The summed E-state index contributed by atoms with van der Waals surface area (Å²) in [4.78, 5) is 112. The SMILES string of the molecule is CCCCCCCCCN=CCC(=O)Oc1cc2c3cc(OC(=O)CC=NCCCCCCCCC)c(OC(=O)CC=NCCCCCCCCC)cc3c3cc(OC(=O)CC=NCCCCCCCCC)c(OC(=O)CC=NCCCCCCCCC)cc3c2cc1OC(=O)CC=NCCCCCCCCC. The smallest absolute Gasteiger partial charge is 0.316 e. The van der Waals surface area contributed by atoms with E-state index in [1.54, 1.807) is 73.7 Å². The molecule has 4 rings (SSSR count). The molecular weight excluding hydrogens is 1360 g/mol. The van der Waals surface area contributed by atoms with Crippen LogP contribution in [0.2, 0.25) is 0 Å². The van der Waals surface area contributed by atoms with Crippen LogP contribution in [-0.2, 0) is 28.8 Å². The van der Waals surface area contributed by atoms with Crippen molar-refractivity contribution >= 4 is 105 Å². The Hall–Kier alpha value is -7.50. The molecule has 0 heterocycles. The van der Waals surface area contributed by atoms with Crippen molar-refractivity contribution in [2.24, 2.45) is 30.0 Å². The van der Waals surface area contributed by atoms with Crippen LogP contribution in [0.25, 0.3) is 32.3 Å². The van der Waals surface area contributed by atoms with Crippen molar-refractivity contribution in [1.82, 2.24) is 0 Å².